The van der Waals surface area contributed by atoms with Crippen molar-refractivity contribution in [3.05, 3.63) is 113 Å². The lowest BCUT2D eigenvalue weighted by atomic mass is 10.1. The fourth-order valence-electron chi connectivity index (χ4n) is 4.66. The van der Waals surface area contributed by atoms with Gasteiger partial charge in [0.05, 0.1) is 11.9 Å². The van der Waals surface area contributed by atoms with E-state index in [1.54, 1.807) is 36.5 Å². The molecular formula is C33H34N8O2S. The van der Waals surface area contributed by atoms with E-state index in [1.807, 2.05) is 44.2 Å². The highest BCUT2D eigenvalue weighted by Gasteiger charge is 2.17. The molecule has 0 saturated heterocycles. The van der Waals surface area contributed by atoms with Gasteiger partial charge in [-0.2, -0.15) is 0 Å². The van der Waals surface area contributed by atoms with Crippen molar-refractivity contribution in [1.82, 2.24) is 14.9 Å². The van der Waals surface area contributed by atoms with Gasteiger partial charge in [-0.25, -0.2) is 4.98 Å². The number of hydrogen-bond donors (Lipinski definition) is 6. The van der Waals surface area contributed by atoms with Crippen LogP contribution in [0.2, 0.25) is 0 Å². The first-order valence-electron chi connectivity index (χ1n) is 14.1. The standard InChI is InChI=1S/C33H34N8O2S/c1-20(2)39-32-33(43)41(19-30(42)37-17-21-7-9-23(10-8-21)31(35)36)29(18-38-32)25-13-26(34)16-27(14-25)40-44-28-12-11-22-5-3-4-6-24(22)15-28/h3-16,18,20,40H,17,19,34H2,1-2H3,(H3,35,36)(H,37,42)(H,38,39). The summed E-state index contributed by atoms with van der Waals surface area (Å²) < 4.78 is 4.76. The van der Waals surface area contributed by atoms with E-state index in [2.05, 4.69) is 44.6 Å². The van der Waals surface area contributed by atoms with Gasteiger partial charge in [0.2, 0.25) is 5.91 Å². The van der Waals surface area contributed by atoms with Crippen LogP contribution < -0.4 is 32.4 Å². The predicted molar refractivity (Wildman–Crippen MR) is 180 cm³/mol. The molecule has 0 bridgehead atoms. The second kappa shape index (κ2) is 13.3. The number of nitrogen functional groups attached to an aromatic ring is 2. The number of nitrogens with two attached hydrogens (primary N) is 2. The van der Waals surface area contributed by atoms with Crippen LogP contribution >= 0.6 is 11.9 Å². The monoisotopic (exact) mass is 606 g/mol. The predicted octanol–water partition coefficient (Wildman–Crippen LogP) is 5.19. The average Bonchev–Trinajstić information content (AvgIpc) is 3.00. The molecule has 0 aliphatic heterocycles. The maximum atomic E-state index is 13.6. The third-order valence-electron chi connectivity index (χ3n) is 6.79. The van der Waals surface area contributed by atoms with Crippen LogP contribution in [0.25, 0.3) is 22.0 Å². The molecule has 4 aromatic carbocycles. The molecule has 0 unspecified atom stereocenters. The highest BCUT2D eigenvalue weighted by atomic mass is 32.2. The highest BCUT2D eigenvalue weighted by Crippen LogP contribution is 2.30. The van der Waals surface area contributed by atoms with Crippen molar-refractivity contribution in [3.63, 3.8) is 0 Å². The summed E-state index contributed by atoms with van der Waals surface area (Å²) in [7, 11) is 0. The van der Waals surface area contributed by atoms with Crippen molar-refractivity contribution in [2.45, 2.75) is 37.9 Å². The Hall–Kier alpha value is -5.29. The van der Waals surface area contributed by atoms with Crippen LogP contribution in [0.15, 0.2) is 101 Å². The van der Waals surface area contributed by atoms with Crippen LogP contribution in [0.5, 0.6) is 0 Å². The number of carbonyl (C=O) groups excluding carboxylic acids is 1. The molecule has 0 atom stereocenters. The van der Waals surface area contributed by atoms with Gasteiger partial charge in [0.1, 0.15) is 12.4 Å². The number of anilines is 3. The number of nitrogens with one attached hydrogen (secondary N) is 4. The van der Waals surface area contributed by atoms with Gasteiger partial charge in [0.25, 0.3) is 5.56 Å². The SMILES string of the molecule is CC(C)Nc1ncc(-c2cc(N)cc(NSc3ccc4ccccc4c3)c2)n(CC(=O)NCc2ccc(C(=N)N)cc2)c1=O. The van der Waals surface area contributed by atoms with Crippen molar-refractivity contribution in [2.75, 3.05) is 15.8 Å². The summed E-state index contributed by atoms with van der Waals surface area (Å²) in [6.45, 7) is 3.85. The quantitative estimate of drug-likeness (QED) is 0.0518. The van der Waals surface area contributed by atoms with E-state index in [4.69, 9.17) is 16.9 Å². The van der Waals surface area contributed by atoms with E-state index in [-0.39, 0.29) is 36.7 Å². The Labute approximate surface area is 259 Å². The molecule has 1 amide bonds. The summed E-state index contributed by atoms with van der Waals surface area (Å²) in [6, 6.07) is 26.9. The largest absolute Gasteiger partial charge is 0.399 e. The highest BCUT2D eigenvalue weighted by molar-refractivity contribution is 8.00. The van der Waals surface area contributed by atoms with Crippen LogP contribution in [0.4, 0.5) is 17.2 Å². The summed E-state index contributed by atoms with van der Waals surface area (Å²) >= 11 is 1.45. The molecule has 10 nitrogen and oxygen atoms in total. The first kappa shape index (κ1) is 30.2. The molecule has 11 heteroatoms. The topological polar surface area (TPSA) is 164 Å². The Balaban J connectivity index is 1.39. The van der Waals surface area contributed by atoms with Crippen molar-refractivity contribution >= 4 is 51.7 Å². The second-order valence-corrected chi connectivity index (χ2v) is 11.5. The first-order chi connectivity index (χ1) is 21.2. The number of benzene rings is 4. The summed E-state index contributed by atoms with van der Waals surface area (Å²) in [5, 5.41) is 15.8. The van der Waals surface area contributed by atoms with Crippen molar-refractivity contribution in [3.8, 4) is 11.3 Å². The van der Waals surface area contributed by atoms with Gasteiger partial charge >= 0.3 is 0 Å². The third-order valence-corrected chi connectivity index (χ3v) is 7.62. The van der Waals surface area contributed by atoms with E-state index >= 15 is 0 Å². The molecule has 1 aromatic heterocycles. The zero-order valence-corrected chi connectivity index (χ0v) is 25.2. The molecule has 5 rings (SSSR count). The normalized spacial score (nSPS) is 11.0. The van der Waals surface area contributed by atoms with E-state index in [9.17, 15) is 9.59 Å². The Morgan fingerprint density at radius 1 is 1.00 bits per heavy atom. The average molecular weight is 607 g/mol. The van der Waals surface area contributed by atoms with Gasteiger partial charge in [-0.05, 0) is 72.5 Å². The van der Waals surface area contributed by atoms with Crippen LogP contribution in [0, 0.1) is 5.41 Å². The number of fused-ring (bicyclic) bond motifs is 1. The van der Waals surface area contributed by atoms with Crippen LogP contribution in [-0.4, -0.2) is 27.3 Å². The van der Waals surface area contributed by atoms with Crippen LogP contribution in [0.3, 0.4) is 0 Å². The van der Waals surface area contributed by atoms with E-state index in [1.165, 1.54) is 21.9 Å². The van der Waals surface area contributed by atoms with Gasteiger partial charge in [-0.1, -0.05) is 54.6 Å². The lowest BCUT2D eigenvalue weighted by Crippen LogP contribution is -2.35. The lowest BCUT2D eigenvalue weighted by Gasteiger charge is -2.17. The molecule has 0 aliphatic carbocycles. The fourth-order valence-corrected chi connectivity index (χ4v) is 5.33. The summed E-state index contributed by atoms with van der Waals surface area (Å²) in [6.07, 6.45) is 1.58. The summed E-state index contributed by atoms with van der Waals surface area (Å²) in [5.74, 6) is -0.214. The number of carbonyl (C=O) groups is 1. The number of amidine groups is 1. The van der Waals surface area contributed by atoms with E-state index < -0.39 is 5.56 Å². The summed E-state index contributed by atoms with van der Waals surface area (Å²) in [5.41, 5.74) is 15.2. The number of aromatic nitrogens is 2. The fraction of sp³-hybridized carbons (Fsp3) is 0.152. The van der Waals surface area contributed by atoms with Gasteiger partial charge in [0.15, 0.2) is 5.82 Å². The minimum absolute atomic E-state index is 0.0248. The van der Waals surface area contributed by atoms with E-state index in [0.717, 1.165) is 21.5 Å². The van der Waals surface area contributed by atoms with Crippen molar-refractivity contribution in [1.29, 1.82) is 5.41 Å². The zero-order chi connectivity index (χ0) is 31.2. The number of hydrogen-bond acceptors (Lipinski definition) is 8. The summed E-state index contributed by atoms with van der Waals surface area (Å²) in [4.78, 5) is 32.1. The molecule has 0 radical (unpaired) electrons. The zero-order valence-electron chi connectivity index (χ0n) is 24.4. The smallest absolute Gasteiger partial charge is 0.294 e. The minimum Gasteiger partial charge on any atom is -0.399 e. The first-order valence-corrected chi connectivity index (χ1v) is 14.9. The van der Waals surface area contributed by atoms with Gasteiger partial charge < -0.3 is 26.8 Å². The number of amides is 1. The van der Waals surface area contributed by atoms with Gasteiger partial charge in [-0.3, -0.25) is 19.6 Å². The molecule has 8 N–H and O–H groups in total. The second-order valence-electron chi connectivity index (χ2n) is 10.6. The Morgan fingerprint density at radius 2 is 1.75 bits per heavy atom. The molecule has 44 heavy (non-hydrogen) atoms. The molecule has 5 aromatic rings. The Kier molecular flexibility index (Phi) is 9.15. The maximum Gasteiger partial charge on any atom is 0.294 e. The van der Waals surface area contributed by atoms with Gasteiger partial charge in [0, 0.05) is 40.0 Å². The van der Waals surface area contributed by atoms with E-state index in [0.29, 0.717) is 22.5 Å². The van der Waals surface area contributed by atoms with Crippen LogP contribution in [0.1, 0.15) is 25.0 Å². The Morgan fingerprint density at radius 3 is 2.48 bits per heavy atom. The third kappa shape index (κ3) is 7.37. The Bertz CT molecular complexity index is 1890. The molecule has 224 valence electrons. The number of rotatable bonds is 11. The molecule has 1 heterocycles. The maximum absolute atomic E-state index is 13.6. The van der Waals surface area contributed by atoms with Gasteiger partial charge in [-0.15, -0.1) is 0 Å². The van der Waals surface area contributed by atoms with Crippen molar-refractivity contribution < 1.29 is 4.79 Å². The molecule has 0 saturated carbocycles. The molecule has 0 fully saturated rings. The number of nitrogens with zero attached hydrogens (tertiary/aromatic N) is 2. The molecule has 0 aliphatic rings. The van der Waals surface area contributed by atoms with Crippen molar-refractivity contribution in [2.24, 2.45) is 5.73 Å². The lowest BCUT2D eigenvalue weighted by molar-refractivity contribution is -0.121. The minimum atomic E-state index is -0.417. The molecular weight excluding hydrogens is 572 g/mol. The molecule has 0 spiro atoms. The van der Waals surface area contributed by atoms with Crippen LogP contribution in [-0.2, 0) is 17.9 Å².